The van der Waals surface area contributed by atoms with Gasteiger partial charge in [0.05, 0.1) is 6.54 Å². The van der Waals surface area contributed by atoms with Gasteiger partial charge in [0.15, 0.2) is 5.96 Å². The lowest BCUT2D eigenvalue weighted by Gasteiger charge is -2.34. The minimum atomic E-state index is -0.209. The summed E-state index contributed by atoms with van der Waals surface area (Å²) >= 11 is 0. The first-order chi connectivity index (χ1) is 13.5. The topological polar surface area (TPSA) is 74.0 Å². The summed E-state index contributed by atoms with van der Waals surface area (Å²) < 4.78 is 0. The van der Waals surface area contributed by atoms with Crippen molar-refractivity contribution in [1.82, 2.24) is 15.1 Å². The van der Waals surface area contributed by atoms with E-state index < -0.39 is 0 Å². The molecule has 1 atom stereocenters. The second kappa shape index (κ2) is 13.8. The molecule has 0 aliphatic carbocycles. The number of hydrogen-bond donors (Lipinski definition) is 2. The molecule has 1 saturated heterocycles. The number of nitrogens with one attached hydrogen (secondary N) is 1. The van der Waals surface area contributed by atoms with E-state index in [4.69, 9.17) is 10.7 Å². The lowest BCUT2D eigenvalue weighted by atomic mass is 9.95. The molecule has 7 heteroatoms. The molecule has 6 nitrogen and oxygen atoms in total. The molecule has 3 N–H and O–H groups in total. The first-order valence-electron chi connectivity index (χ1n) is 10.7. The molecule has 0 spiro atoms. The van der Waals surface area contributed by atoms with Gasteiger partial charge in [0.2, 0.25) is 5.91 Å². The Kier molecular flexibility index (Phi) is 12.2. The standard InChI is InChI=1S/C22H37N5O.HI/c1-4-24-22(27-12-8-11-20(17-27)14-21(23)28)25-15-18-9-7-10-19(13-18)16-26(5-2)6-3;/h7,9-10,13,20H,4-6,8,11-12,14-17H2,1-3H3,(H2,23,28)(H,24,25);1H. The van der Waals surface area contributed by atoms with Gasteiger partial charge in [-0.15, -0.1) is 24.0 Å². The molecule has 1 aromatic carbocycles. The zero-order valence-corrected chi connectivity index (χ0v) is 20.5. The van der Waals surface area contributed by atoms with E-state index in [-0.39, 0.29) is 29.9 Å². The highest BCUT2D eigenvalue weighted by atomic mass is 127. The fourth-order valence-corrected chi connectivity index (χ4v) is 3.83. The maximum atomic E-state index is 11.3. The number of carbonyl (C=O) groups excluding carboxylic acids is 1. The fourth-order valence-electron chi connectivity index (χ4n) is 3.83. The molecule has 1 aromatic rings. The van der Waals surface area contributed by atoms with Crippen molar-refractivity contribution in [3.05, 3.63) is 35.4 Å². The third kappa shape index (κ3) is 8.90. The van der Waals surface area contributed by atoms with Crippen molar-refractivity contribution in [3.8, 4) is 0 Å². The third-order valence-corrected chi connectivity index (χ3v) is 5.35. The number of carbonyl (C=O) groups is 1. The Hall–Kier alpha value is -1.35. The number of primary amides is 1. The zero-order chi connectivity index (χ0) is 20.4. The summed E-state index contributed by atoms with van der Waals surface area (Å²) in [4.78, 5) is 20.9. The number of hydrogen-bond acceptors (Lipinski definition) is 3. The molecular weight excluding hydrogens is 477 g/mol. The van der Waals surface area contributed by atoms with Crippen LogP contribution in [0.3, 0.4) is 0 Å². The Morgan fingerprint density at radius 3 is 2.66 bits per heavy atom. The van der Waals surface area contributed by atoms with Crippen LogP contribution in [0.1, 0.15) is 51.2 Å². The Bertz CT molecular complexity index is 648. The van der Waals surface area contributed by atoms with E-state index in [1.165, 1.54) is 11.1 Å². The van der Waals surface area contributed by atoms with Crippen LogP contribution >= 0.6 is 24.0 Å². The molecule has 1 aliphatic heterocycles. The highest BCUT2D eigenvalue weighted by Gasteiger charge is 2.23. The van der Waals surface area contributed by atoms with Gasteiger partial charge >= 0.3 is 0 Å². The highest BCUT2D eigenvalue weighted by Crippen LogP contribution is 2.19. The predicted molar refractivity (Wildman–Crippen MR) is 131 cm³/mol. The van der Waals surface area contributed by atoms with Gasteiger partial charge in [-0.3, -0.25) is 9.69 Å². The predicted octanol–water partition coefficient (Wildman–Crippen LogP) is 3.20. The van der Waals surface area contributed by atoms with Crippen LogP contribution in [-0.2, 0) is 17.9 Å². The average Bonchev–Trinajstić information content (AvgIpc) is 2.69. The van der Waals surface area contributed by atoms with Crippen molar-refractivity contribution in [2.75, 3.05) is 32.7 Å². The van der Waals surface area contributed by atoms with Gasteiger partial charge < -0.3 is 16.0 Å². The normalized spacial score (nSPS) is 17.2. The molecule has 0 radical (unpaired) electrons. The second-order valence-corrected chi connectivity index (χ2v) is 7.58. The van der Waals surface area contributed by atoms with Gasteiger partial charge in [-0.1, -0.05) is 38.1 Å². The molecule has 1 fully saturated rings. The molecule has 2 rings (SSSR count). The number of rotatable bonds is 9. The third-order valence-electron chi connectivity index (χ3n) is 5.35. The Labute approximate surface area is 193 Å². The summed E-state index contributed by atoms with van der Waals surface area (Å²) in [5, 5.41) is 3.41. The minimum Gasteiger partial charge on any atom is -0.370 e. The molecule has 1 aliphatic rings. The van der Waals surface area contributed by atoms with Crippen LogP contribution < -0.4 is 11.1 Å². The molecule has 0 aromatic heterocycles. The fraction of sp³-hybridized carbons (Fsp3) is 0.636. The Morgan fingerprint density at radius 2 is 2.00 bits per heavy atom. The van der Waals surface area contributed by atoms with Crippen molar-refractivity contribution in [2.24, 2.45) is 16.6 Å². The van der Waals surface area contributed by atoms with Crippen LogP contribution in [0.25, 0.3) is 0 Å². The van der Waals surface area contributed by atoms with E-state index in [1.54, 1.807) is 0 Å². The van der Waals surface area contributed by atoms with Crippen LogP contribution in [0.15, 0.2) is 29.3 Å². The number of aliphatic imine (C=N–C) groups is 1. The van der Waals surface area contributed by atoms with E-state index in [0.29, 0.717) is 18.9 Å². The van der Waals surface area contributed by atoms with Crippen LogP contribution in [0.5, 0.6) is 0 Å². The quantitative estimate of drug-likeness (QED) is 0.301. The molecule has 1 amide bonds. The average molecular weight is 515 g/mol. The molecule has 1 unspecified atom stereocenters. The number of piperidine rings is 1. The zero-order valence-electron chi connectivity index (χ0n) is 18.2. The van der Waals surface area contributed by atoms with Crippen molar-refractivity contribution >= 4 is 35.8 Å². The van der Waals surface area contributed by atoms with Crippen LogP contribution in [-0.4, -0.2) is 54.4 Å². The lowest BCUT2D eigenvalue weighted by molar-refractivity contribution is -0.119. The summed E-state index contributed by atoms with van der Waals surface area (Å²) in [6.07, 6.45) is 2.59. The number of benzene rings is 1. The maximum Gasteiger partial charge on any atom is 0.217 e. The molecule has 0 bridgehead atoms. The molecule has 29 heavy (non-hydrogen) atoms. The largest absolute Gasteiger partial charge is 0.370 e. The van der Waals surface area contributed by atoms with Gasteiger partial charge in [-0.25, -0.2) is 4.99 Å². The van der Waals surface area contributed by atoms with E-state index in [1.807, 2.05) is 0 Å². The highest BCUT2D eigenvalue weighted by molar-refractivity contribution is 14.0. The summed E-state index contributed by atoms with van der Waals surface area (Å²) in [6, 6.07) is 8.72. The van der Waals surface area contributed by atoms with E-state index in [2.05, 4.69) is 60.2 Å². The second-order valence-electron chi connectivity index (χ2n) is 7.58. The number of nitrogens with two attached hydrogens (primary N) is 1. The Morgan fingerprint density at radius 1 is 1.28 bits per heavy atom. The molecule has 0 saturated carbocycles. The SMILES string of the molecule is CCNC(=NCc1cccc(CN(CC)CC)c1)N1CCCC(CC(N)=O)C1.I. The van der Waals surface area contributed by atoms with E-state index >= 15 is 0 Å². The lowest BCUT2D eigenvalue weighted by Crippen LogP contribution is -2.47. The van der Waals surface area contributed by atoms with Gasteiger partial charge in [0, 0.05) is 32.6 Å². The van der Waals surface area contributed by atoms with E-state index in [0.717, 1.165) is 58.1 Å². The molecular formula is C22H38IN5O. The van der Waals surface area contributed by atoms with Crippen LogP contribution in [0.2, 0.25) is 0 Å². The number of guanidine groups is 1. The number of halogens is 1. The van der Waals surface area contributed by atoms with Gasteiger partial charge in [-0.05, 0) is 49.9 Å². The maximum absolute atomic E-state index is 11.3. The number of amides is 1. The smallest absolute Gasteiger partial charge is 0.217 e. The van der Waals surface area contributed by atoms with Crippen molar-refractivity contribution < 1.29 is 4.79 Å². The van der Waals surface area contributed by atoms with Gasteiger partial charge in [-0.2, -0.15) is 0 Å². The monoisotopic (exact) mass is 515 g/mol. The first-order valence-corrected chi connectivity index (χ1v) is 10.7. The van der Waals surface area contributed by atoms with Crippen molar-refractivity contribution in [3.63, 3.8) is 0 Å². The van der Waals surface area contributed by atoms with Crippen molar-refractivity contribution in [1.29, 1.82) is 0 Å². The summed E-state index contributed by atoms with van der Waals surface area (Å²) in [7, 11) is 0. The summed E-state index contributed by atoms with van der Waals surface area (Å²) in [6.45, 7) is 12.9. The van der Waals surface area contributed by atoms with Crippen molar-refractivity contribution in [2.45, 2.75) is 53.1 Å². The first kappa shape index (κ1) is 25.7. The van der Waals surface area contributed by atoms with Crippen LogP contribution in [0, 0.1) is 5.92 Å². The van der Waals surface area contributed by atoms with Crippen LogP contribution in [0.4, 0.5) is 0 Å². The number of nitrogens with zero attached hydrogens (tertiary/aromatic N) is 3. The molecule has 1 heterocycles. The summed E-state index contributed by atoms with van der Waals surface area (Å²) in [5.74, 6) is 1.05. The Balaban J connectivity index is 0.00000420. The minimum absolute atomic E-state index is 0. The number of likely N-dealkylation sites (tertiary alicyclic amines) is 1. The summed E-state index contributed by atoms with van der Waals surface area (Å²) in [5.41, 5.74) is 7.96. The van der Waals surface area contributed by atoms with E-state index in [9.17, 15) is 4.79 Å². The molecule has 164 valence electrons. The van der Waals surface area contributed by atoms with Gasteiger partial charge in [0.1, 0.15) is 0 Å². The van der Waals surface area contributed by atoms with Gasteiger partial charge in [0.25, 0.3) is 0 Å².